The number of fused-ring (bicyclic) bond motifs is 1. The van der Waals surface area contributed by atoms with E-state index >= 15 is 4.39 Å². The van der Waals surface area contributed by atoms with E-state index in [2.05, 4.69) is 21.0 Å². The van der Waals surface area contributed by atoms with E-state index in [1.807, 2.05) is 18.2 Å². The highest BCUT2D eigenvalue weighted by atomic mass is 19.1. The fourth-order valence-corrected chi connectivity index (χ4v) is 4.36. The van der Waals surface area contributed by atoms with Crippen LogP contribution >= 0.6 is 0 Å². The van der Waals surface area contributed by atoms with E-state index in [0.717, 1.165) is 0 Å². The molecule has 4 aromatic rings. The van der Waals surface area contributed by atoms with Crippen molar-refractivity contribution in [1.82, 2.24) is 9.78 Å². The van der Waals surface area contributed by atoms with Crippen LogP contribution in [0.25, 0.3) is 0 Å². The number of rotatable bonds is 6. The van der Waals surface area contributed by atoms with Gasteiger partial charge in [-0.05, 0) is 37.3 Å². The van der Waals surface area contributed by atoms with Crippen molar-refractivity contribution >= 4 is 29.0 Å². The van der Waals surface area contributed by atoms with Crippen LogP contribution in [0.2, 0.25) is 0 Å². The van der Waals surface area contributed by atoms with Crippen LogP contribution in [-0.4, -0.2) is 28.7 Å². The third-order valence-corrected chi connectivity index (χ3v) is 6.10. The zero-order valence-electron chi connectivity index (χ0n) is 20.2. The molecular weight excluding hydrogens is 473 g/mol. The molecule has 0 aliphatic carbocycles. The lowest BCUT2D eigenvalue weighted by atomic mass is 9.94. The summed E-state index contributed by atoms with van der Waals surface area (Å²) in [5.41, 5.74) is 2.31. The predicted octanol–water partition coefficient (Wildman–Crippen LogP) is 5.21. The summed E-state index contributed by atoms with van der Waals surface area (Å²) in [5, 5.41) is 13.3. The van der Waals surface area contributed by atoms with Crippen molar-refractivity contribution in [3.8, 4) is 5.75 Å². The topological polar surface area (TPSA) is 97.3 Å². The molecule has 3 aromatic carbocycles. The summed E-state index contributed by atoms with van der Waals surface area (Å²) in [6.07, 6.45) is 1.41. The number of amides is 2. The molecule has 2 amide bonds. The van der Waals surface area contributed by atoms with E-state index < -0.39 is 17.8 Å². The molecule has 1 aliphatic heterocycles. The van der Waals surface area contributed by atoms with Crippen molar-refractivity contribution in [2.75, 3.05) is 23.1 Å². The second-order valence-electron chi connectivity index (χ2n) is 8.41. The van der Waals surface area contributed by atoms with Crippen molar-refractivity contribution in [2.24, 2.45) is 0 Å². The molecule has 0 spiro atoms. The van der Waals surface area contributed by atoms with E-state index in [1.54, 1.807) is 61.5 Å². The summed E-state index contributed by atoms with van der Waals surface area (Å²) in [7, 11) is 1.51. The monoisotopic (exact) mass is 497 g/mol. The fraction of sp³-hybridized carbons (Fsp3) is 0.107. The largest absolute Gasteiger partial charge is 0.495 e. The van der Waals surface area contributed by atoms with Crippen LogP contribution < -0.4 is 20.7 Å². The van der Waals surface area contributed by atoms with Gasteiger partial charge in [0, 0.05) is 16.9 Å². The Morgan fingerprint density at radius 3 is 2.41 bits per heavy atom. The highest BCUT2D eigenvalue weighted by Gasteiger charge is 2.36. The van der Waals surface area contributed by atoms with Gasteiger partial charge in [0.2, 0.25) is 0 Å². The van der Waals surface area contributed by atoms with Gasteiger partial charge in [-0.15, -0.1) is 0 Å². The maximum Gasteiger partial charge on any atom is 0.261 e. The molecular formula is C28H24FN5O3. The molecule has 3 N–H and O–H groups in total. The number of halogens is 1. The number of nitrogens with one attached hydrogen (secondary N) is 3. The van der Waals surface area contributed by atoms with Crippen LogP contribution in [0.4, 0.5) is 21.6 Å². The first-order chi connectivity index (χ1) is 18.0. The van der Waals surface area contributed by atoms with Crippen molar-refractivity contribution in [3.05, 3.63) is 113 Å². The van der Waals surface area contributed by atoms with Crippen LogP contribution in [-0.2, 0) is 4.79 Å². The van der Waals surface area contributed by atoms with Crippen LogP contribution in [0.15, 0.2) is 96.3 Å². The number of aromatic nitrogens is 2. The number of ether oxygens (including phenoxy) is 1. The van der Waals surface area contributed by atoms with Gasteiger partial charge in [-0.1, -0.05) is 48.5 Å². The van der Waals surface area contributed by atoms with Gasteiger partial charge in [0.25, 0.3) is 11.8 Å². The molecule has 0 saturated carbocycles. The van der Waals surface area contributed by atoms with E-state index in [0.29, 0.717) is 28.6 Å². The number of nitrogens with zero attached hydrogens (tertiary/aromatic N) is 2. The number of carbonyl (C=O) groups is 2. The van der Waals surface area contributed by atoms with Crippen LogP contribution in [0, 0.1) is 5.82 Å². The number of hydrogen-bond acceptors (Lipinski definition) is 5. The van der Waals surface area contributed by atoms with Crippen LogP contribution in [0.1, 0.15) is 28.9 Å². The maximum atomic E-state index is 15.1. The zero-order valence-corrected chi connectivity index (χ0v) is 20.2. The highest BCUT2D eigenvalue weighted by Crippen LogP contribution is 2.39. The summed E-state index contributed by atoms with van der Waals surface area (Å²) in [4.78, 5) is 26.7. The predicted molar refractivity (Wildman–Crippen MR) is 139 cm³/mol. The van der Waals surface area contributed by atoms with E-state index in [1.165, 1.54) is 24.1 Å². The first kappa shape index (κ1) is 23.8. The number of methoxy groups -OCH3 is 1. The van der Waals surface area contributed by atoms with E-state index in [-0.39, 0.29) is 22.6 Å². The minimum Gasteiger partial charge on any atom is -0.495 e. The summed E-state index contributed by atoms with van der Waals surface area (Å²) in [5.74, 6) is -0.504. The summed E-state index contributed by atoms with van der Waals surface area (Å²) in [6, 6.07) is 21.3. The molecule has 1 unspecified atom stereocenters. The smallest absolute Gasteiger partial charge is 0.261 e. The van der Waals surface area contributed by atoms with Gasteiger partial charge >= 0.3 is 0 Å². The van der Waals surface area contributed by atoms with Gasteiger partial charge in [0.05, 0.1) is 24.6 Å². The number of allylic oxidation sites excluding steroid dienone is 1. The van der Waals surface area contributed by atoms with Crippen molar-refractivity contribution in [2.45, 2.75) is 13.0 Å². The molecule has 1 atom stereocenters. The molecule has 1 aliphatic rings. The Hall–Kier alpha value is -4.92. The Labute approximate surface area is 212 Å². The Balaban J connectivity index is 1.56. The average molecular weight is 498 g/mol. The molecule has 0 saturated heterocycles. The quantitative estimate of drug-likeness (QED) is 0.340. The second-order valence-corrected chi connectivity index (χ2v) is 8.41. The van der Waals surface area contributed by atoms with Gasteiger partial charge in [0.1, 0.15) is 29.0 Å². The van der Waals surface area contributed by atoms with E-state index in [9.17, 15) is 9.59 Å². The third kappa shape index (κ3) is 4.54. The molecule has 1 aromatic heterocycles. The normalized spacial score (nSPS) is 14.4. The van der Waals surface area contributed by atoms with Gasteiger partial charge in [0.15, 0.2) is 0 Å². The molecule has 9 heteroatoms. The maximum absolute atomic E-state index is 15.1. The first-order valence-electron chi connectivity index (χ1n) is 11.6. The molecule has 186 valence electrons. The Morgan fingerprint density at radius 2 is 1.65 bits per heavy atom. The molecule has 37 heavy (non-hydrogen) atoms. The number of carbonyl (C=O) groups excluding carboxylic acids is 2. The van der Waals surface area contributed by atoms with Crippen LogP contribution in [0.5, 0.6) is 5.75 Å². The molecule has 0 radical (unpaired) electrons. The lowest BCUT2D eigenvalue weighted by molar-refractivity contribution is -0.113. The van der Waals surface area contributed by atoms with Gasteiger partial charge in [-0.3, -0.25) is 9.59 Å². The number of hydrogen-bond donors (Lipinski definition) is 3. The minimum atomic E-state index is -0.926. The highest BCUT2D eigenvalue weighted by molar-refractivity contribution is 6.09. The number of anilines is 3. The van der Waals surface area contributed by atoms with Crippen LogP contribution in [0.3, 0.4) is 0 Å². The molecule has 0 bridgehead atoms. The summed E-state index contributed by atoms with van der Waals surface area (Å²) in [6.45, 7) is 1.71. The second kappa shape index (κ2) is 9.98. The summed E-state index contributed by atoms with van der Waals surface area (Å²) < 4.78 is 21.9. The first-order valence-corrected chi connectivity index (χ1v) is 11.6. The molecule has 8 nitrogen and oxygen atoms in total. The van der Waals surface area contributed by atoms with Crippen molar-refractivity contribution in [3.63, 3.8) is 0 Å². The molecule has 5 rings (SSSR count). The Morgan fingerprint density at radius 1 is 0.946 bits per heavy atom. The lowest BCUT2D eigenvalue weighted by Crippen LogP contribution is -2.32. The molecule has 2 heterocycles. The van der Waals surface area contributed by atoms with Crippen molar-refractivity contribution in [1.29, 1.82) is 0 Å². The summed E-state index contributed by atoms with van der Waals surface area (Å²) >= 11 is 0. The standard InChI is InChI=1S/C28H24FN5O3/c1-17-24(28(36)33-22-14-8-9-15-23(22)37-2)25(19-12-6-7-13-21(19)29)34-26(31-17)20(16-30-34)27(35)32-18-10-4-3-5-11-18/h3-16,25,31H,1-2H3,(H,32,35)(H,33,36). The number of benzene rings is 3. The average Bonchev–Trinajstić information content (AvgIpc) is 3.32. The lowest BCUT2D eigenvalue weighted by Gasteiger charge is -2.30. The van der Waals surface area contributed by atoms with Crippen molar-refractivity contribution < 1.29 is 18.7 Å². The van der Waals surface area contributed by atoms with Gasteiger partial charge < -0.3 is 20.7 Å². The third-order valence-electron chi connectivity index (χ3n) is 6.10. The molecule has 0 fully saturated rings. The van der Waals surface area contributed by atoms with E-state index in [4.69, 9.17) is 4.74 Å². The Kier molecular flexibility index (Phi) is 6.42. The number of para-hydroxylation sites is 3. The van der Waals surface area contributed by atoms with Gasteiger partial charge in [-0.2, -0.15) is 5.10 Å². The fourth-order valence-electron chi connectivity index (χ4n) is 4.36. The minimum absolute atomic E-state index is 0.243. The zero-order chi connectivity index (χ0) is 25.9. The van der Waals surface area contributed by atoms with Gasteiger partial charge in [-0.25, -0.2) is 9.07 Å². The Bertz CT molecular complexity index is 1510. The SMILES string of the molecule is COc1ccccc1NC(=O)C1=C(C)Nc2c(C(=O)Nc3ccccc3)cnn2C1c1ccccc1F.